The minimum Gasteiger partial charge on any atom is -0.368 e. The Morgan fingerprint density at radius 2 is 0.850 bits per heavy atom. The molecule has 20 heavy (non-hydrogen) atoms. The van der Waals surface area contributed by atoms with Gasteiger partial charge in [0, 0.05) is 0 Å². The van der Waals surface area contributed by atoms with Crippen molar-refractivity contribution in [2.45, 2.75) is 50.9 Å². The molecule has 0 aliphatic heterocycles. The lowest BCUT2D eigenvalue weighted by atomic mass is 10.5. The average molecular weight is 346 g/mol. The highest BCUT2D eigenvalue weighted by Crippen LogP contribution is 2.15. The van der Waals surface area contributed by atoms with Gasteiger partial charge >= 0.3 is 0 Å². The molecule has 0 saturated carbocycles. The van der Waals surface area contributed by atoms with Gasteiger partial charge in [-0.2, -0.15) is 16.8 Å². The van der Waals surface area contributed by atoms with Crippen molar-refractivity contribution in [3.8, 4) is 0 Å². The maximum Gasteiger partial charge on any atom is 0.299 e. The molecule has 0 aromatic rings. The van der Waals surface area contributed by atoms with Crippen LogP contribution in [-0.2, 0) is 20.2 Å². The fraction of sp³-hybridized carbons (Fsp3) is 1.00. The summed E-state index contributed by atoms with van der Waals surface area (Å²) in [7, 11) is -9.01. The van der Waals surface area contributed by atoms with E-state index in [2.05, 4.69) is 0 Å². The van der Waals surface area contributed by atoms with Gasteiger partial charge < -0.3 is 10.2 Å². The molecule has 0 spiro atoms. The maximum atomic E-state index is 12.1. The Morgan fingerprint density at radius 3 is 0.850 bits per heavy atom. The van der Waals surface area contributed by atoms with Gasteiger partial charge in [-0.15, -0.1) is 0 Å². The van der Waals surface area contributed by atoms with Crippen LogP contribution in [0, 0.1) is 0 Å². The summed E-state index contributed by atoms with van der Waals surface area (Å²) in [6, 6.07) is 0. The molecule has 126 valence electrons. The zero-order valence-corrected chi connectivity index (χ0v) is 13.2. The summed E-state index contributed by atoms with van der Waals surface area (Å²) in [5.74, 6) is 0. The van der Waals surface area contributed by atoms with Crippen molar-refractivity contribution < 1.29 is 44.9 Å². The number of alkyl halides is 2. The van der Waals surface area contributed by atoms with Crippen LogP contribution in [0.1, 0.15) is 34.6 Å². The maximum absolute atomic E-state index is 12.1. The van der Waals surface area contributed by atoms with E-state index in [0.29, 0.717) is 0 Å². The highest BCUT2D eigenvalue weighted by molar-refractivity contribution is 7.87. The second-order valence-corrected chi connectivity index (χ2v) is 8.15. The average Bonchev–Trinajstić information content (AvgIpc) is 1.94. The molecule has 4 N–H and O–H groups in total. The minimum absolute atomic E-state index is 0.766. The lowest BCUT2D eigenvalue weighted by Gasteiger charge is -2.07. The third-order valence-electron chi connectivity index (χ3n) is 1.23. The Balaban J connectivity index is -0.000000230. The van der Waals surface area contributed by atoms with Crippen LogP contribution in [-0.4, -0.2) is 52.4 Å². The van der Waals surface area contributed by atoms with E-state index in [1.807, 2.05) is 0 Å². The van der Waals surface area contributed by atoms with Crippen LogP contribution in [0.2, 0.25) is 0 Å². The number of rotatable bonds is 2. The number of halogens is 2. The van der Waals surface area contributed by atoms with Crippen LogP contribution in [0.5, 0.6) is 0 Å². The summed E-state index contributed by atoms with van der Waals surface area (Å²) >= 11 is 0. The third kappa shape index (κ3) is 15.7. The van der Waals surface area contributed by atoms with E-state index in [1.165, 1.54) is 6.92 Å². The van der Waals surface area contributed by atoms with Crippen molar-refractivity contribution >= 4 is 20.2 Å². The molecule has 8 nitrogen and oxygen atoms in total. The van der Waals surface area contributed by atoms with Gasteiger partial charge in [0.1, 0.15) is 6.29 Å². The number of hydrogen-bond donors (Lipinski definition) is 4. The fourth-order valence-electron chi connectivity index (χ4n) is 0. The molecule has 0 aliphatic carbocycles. The van der Waals surface area contributed by atoms with E-state index < -0.39 is 36.5 Å². The van der Waals surface area contributed by atoms with Crippen molar-refractivity contribution in [3.63, 3.8) is 0 Å². The molecule has 0 atom stereocenters. The van der Waals surface area contributed by atoms with Gasteiger partial charge in [-0.05, 0) is 34.6 Å². The summed E-state index contributed by atoms with van der Waals surface area (Å²) in [6.45, 7) is 4.34. The molecular formula is C8H20F2O8S2. The Hall–Kier alpha value is -0.400. The van der Waals surface area contributed by atoms with E-state index in [1.54, 1.807) is 0 Å². The predicted molar refractivity (Wildman–Crippen MR) is 67.4 cm³/mol. The molecule has 0 aromatic heterocycles. The Bertz CT molecular complexity index is 411. The molecule has 12 heteroatoms. The van der Waals surface area contributed by atoms with Crippen molar-refractivity contribution in [2.75, 3.05) is 0 Å². The largest absolute Gasteiger partial charge is 0.368 e. The fourth-order valence-corrected chi connectivity index (χ4v) is 0. The second-order valence-electron chi connectivity index (χ2n) is 4.31. The molecule has 0 bridgehead atoms. The number of aliphatic hydroxyl groups excluding tert-OH is 1. The van der Waals surface area contributed by atoms with Crippen LogP contribution < -0.4 is 0 Å². The lowest BCUT2D eigenvalue weighted by molar-refractivity contribution is -0.0228. The molecule has 0 aromatic carbocycles. The molecule has 0 amide bonds. The zero-order valence-electron chi connectivity index (χ0n) is 11.6. The minimum atomic E-state index is -4.51. The number of hydrogen-bond acceptors (Lipinski definition) is 6. The molecule has 0 saturated heterocycles. The Morgan fingerprint density at radius 1 is 0.800 bits per heavy atom. The van der Waals surface area contributed by atoms with Gasteiger partial charge in [0.05, 0.1) is 0 Å². The Labute approximate surface area is 116 Å². The second kappa shape index (κ2) is 8.14. The highest BCUT2D eigenvalue weighted by Gasteiger charge is 2.32. The predicted octanol–water partition coefficient (Wildman–Crippen LogP) is 0.477. The summed E-state index contributed by atoms with van der Waals surface area (Å²) < 4.78 is 79.4. The monoisotopic (exact) mass is 346 g/mol. The van der Waals surface area contributed by atoms with Gasteiger partial charge in [0.25, 0.3) is 20.2 Å². The van der Waals surface area contributed by atoms with Crippen LogP contribution in [0.25, 0.3) is 0 Å². The topological polar surface area (TPSA) is 149 Å². The number of aliphatic hydroxyl groups is 2. The van der Waals surface area contributed by atoms with Crippen molar-refractivity contribution in [3.05, 3.63) is 0 Å². The van der Waals surface area contributed by atoms with E-state index in [-0.39, 0.29) is 0 Å². The molecule has 0 unspecified atom stereocenters. The summed E-state index contributed by atoms with van der Waals surface area (Å²) in [5.41, 5.74) is 0. The van der Waals surface area contributed by atoms with Crippen LogP contribution in [0.3, 0.4) is 0 Å². The van der Waals surface area contributed by atoms with Crippen LogP contribution in [0.15, 0.2) is 0 Å². The molecule has 0 radical (unpaired) electrons. The normalized spacial score (nSPS) is 13.0. The first-order valence-electron chi connectivity index (χ1n) is 4.91. The van der Waals surface area contributed by atoms with Crippen molar-refractivity contribution in [1.82, 2.24) is 0 Å². The first kappa shape index (κ1) is 24.6. The lowest BCUT2D eigenvalue weighted by Crippen LogP contribution is -2.24. The van der Waals surface area contributed by atoms with Gasteiger partial charge in [0.2, 0.25) is 10.0 Å². The summed E-state index contributed by atoms with van der Waals surface area (Å²) in [5, 5.41) is 10.2. The van der Waals surface area contributed by atoms with Gasteiger partial charge in [-0.3, -0.25) is 9.11 Å². The molecule has 0 heterocycles. The molecular weight excluding hydrogens is 326 g/mol. The van der Waals surface area contributed by atoms with Gasteiger partial charge in [-0.25, -0.2) is 8.78 Å². The van der Waals surface area contributed by atoms with Gasteiger partial charge in [-0.1, -0.05) is 0 Å². The third-order valence-corrected chi connectivity index (χ3v) is 3.68. The quantitative estimate of drug-likeness (QED) is 0.416. The van der Waals surface area contributed by atoms with Gasteiger partial charge in [0.15, 0.2) is 0 Å². The van der Waals surface area contributed by atoms with E-state index in [0.717, 1.165) is 27.7 Å². The SMILES string of the molecule is CC(C)(F)S(=O)(=O)O.CC(C)(F)S(=O)(=O)O.CC(O)O. The smallest absolute Gasteiger partial charge is 0.299 e. The van der Waals surface area contributed by atoms with E-state index in [4.69, 9.17) is 19.3 Å². The van der Waals surface area contributed by atoms with Crippen molar-refractivity contribution in [2.24, 2.45) is 0 Å². The standard InChI is InChI=1S/2C3H7FO3S.C2H6O2/c2*1-3(2,4)8(5,6)7;1-2(3)4/h2*1-2H3,(H,5,6,7);2-4H,1H3. The summed E-state index contributed by atoms with van der Waals surface area (Å²) in [6.07, 6.45) is -1.17. The first-order chi connectivity index (χ1) is 8.23. The summed E-state index contributed by atoms with van der Waals surface area (Å²) in [4.78, 5) is 0. The highest BCUT2D eigenvalue weighted by atomic mass is 32.2. The van der Waals surface area contributed by atoms with Crippen LogP contribution in [0.4, 0.5) is 8.78 Å². The van der Waals surface area contributed by atoms with Crippen molar-refractivity contribution in [1.29, 1.82) is 0 Å². The van der Waals surface area contributed by atoms with Crippen LogP contribution >= 0.6 is 0 Å². The van der Waals surface area contributed by atoms with E-state index in [9.17, 15) is 25.6 Å². The van der Waals surface area contributed by atoms with E-state index >= 15 is 0 Å². The molecule has 0 fully saturated rings. The molecule has 0 rings (SSSR count). The molecule has 0 aliphatic rings. The Kier molecular flexibility index (Phi) is 10.0. The first-order valence-corrected chi connectivity index (χ1v) is 7.79. The zero-order chi connectivity index (χ0) is 17.6.